The second kappa shape index (κ2) is 10.3. The molecule has 5 rings (SSSR count). The van der Waals surface area contributed by atoms with E-state index in [9.17, 15) is 0 Å². The summed E-state index contributed by atoms with van der Waals surface area (Å²) in [5.74, 6) is 0. The Morgan fingerprint density at radius 3 is 1.17 bits per heavy atom. The predicted molar refractivity (Wildman–Crippen MR) is 152 cm³/mol. The third-order valence-electron chi connectivity index (χ3n) is 6.05. The minimum Gasteiger partial charge on any atom is -0.456 e. The molecule has 1 heterocycles. The first-order chi connectivity index (χ1) is 17.1. The van der Waals surface area contributed by atoms with Gasteiger partial charge in [-0.05, 0) is 60.4 Å². The van der Waals surface area contributed by atoms with Crippen molar-refractivity contribution in [3.63, 3.8) is 0 Å². The molecule has 0 amide bonds. The maximum absolute atomic E-state index is 6.20. The Balaban J connectivity index is 1.30. The van der Waals surface area contributed by atoms with E-state index in [0.717, 1.165) is 33.1 Å². The number of furan rings is 1. The third-order valence-corrected chi connectivity index (χ3v) is 6.05. The molecule has 1 nitrogen and oxygen atoms in total. The molecule has 1 aromatic heterocycles. The van der Waals surface area contributed by atoms with Crippen molar-refractivity contribution in [2.45, 2.75) is 13.8 Å². The number of rotatable bonds is 6. The number of aryl methyl sites for hydroxylation is 2. The van der Waals surface area contributed by atoms with Gasteiger partial charge in [-0.15, -0.1) is 0 Å². The number of hydrogen-bond acceptors (Lipinski definition) is 1. The van der Waals surface area contributed by atoms with Crippen molar-refractivity contribution < 1.29 is 4.42 Å². The summed E-state index contributed by atoms with van der Waals surface area (Å²) in [7, 11) is 0. The number of hydrogen-bond donors (Lipinski definition) is 0. The molecule has 0 fully saturated rings. The lowest BCUT2D eigenvalue weighted by molar-refractivity contribution is 0.669. The van der Waals surface area contributed by atoms with Gasteiger partial charge in [-0.3, -0.25) is 0 Å². The number of fused-ring (bicyclic) bond motifs is 3. The number of allylic oxidation sites excluding steroid dienone is 4. The molecule has 0 aliphatic rings. The Bertz CT molecular complexity index is 1450. The highest BCUT2D eigenvalue weighted by molar-refractivity contribution is 6.05. The van der Waals surface area contributed by atoms with Crippen molar-refractivity contribution in [2.75, 3.05) is 0 Å². The Kier molecular flexibility index (Phi) is 6.59. The molecule has 0 saturated heterocycles. The van der Waals surface area contributed by atoms with Gasteiger partial charge in [0.1, 0.15) is 11.2 Å². The van der Waals surface area contributed by atoms with E-state index in [1.807, 2.05) is 0 Å². The Hall–Kier alpha value is -4.36. The van der Waals surface area contributed by atoms with Gasteiger partial charge in [0, 0.05) is 10.8 Å². The van der Waals surface area contributed by atoms with E-state index in [1.54, 1.807) is 0 Å². The largest absolute Gasteiger partial charge is 0.456 e. The average molecular weight is 453 g/mol. The van der Waals surface area contributed by atoms with Crippen molar-refractivity contribution in [3.8, 4) is 0 Å². The van der Waals surface area contributed by atoms with Crippen LogP contribution < -0.4 is 0 Å². The van der Waals surface area contributed by atoms with Gasteiger partial charge in [-0.25, -0.2) is 0 Å². The van der Waals surface area contributed by atoms with Crippen LogP contribution in [0.2, 0.25) is 0 Å². The summed E-state index contributed by atoms with van der Waals surface area (Å²) in [6.45, 7) is 4.20. The highest BCUT2D eigenvalue weighted by atomic mass is 16.3. The van der Waals surface area contributed by atoms with Crippen LogP contribution in [0.25, 0.3) is 46.2 Å². The topological polar surface area (TPSA) is 13.1 Å². The lowest BCUT2D eigenvalue weighted by Crippen LogP contribution is -1.74. The Labute approximate surface area is 207 Å². The summed E-state index contributed by atoms with van der Waals surface area (Å²) in [4.78, 5) is 0. The van der Waals surface area contributed by atoms with E-state index in [1.165, 1.54) is 22.3 Å². The minimum absolute atomic E-state index is 0.907. The van der Waals surface area contributed by atoms with Crippen LogP contribution in [0.4, 0.5) is 0 Å². The normalized spacial score (nSPS) is 12.4. The molecular weight excluding hydrogens is 424 g/mol. The van der Waals surface area contributed by atoms with Crippen molar-refractivity contribution in [1.29, 1.82) is 0 Å². The Morgan fingerprint density at radius 1 is 0.429 bits per heavy atom. The van der Waals surface area contributed by atoms with Crippen LogP contribution in [-0.2, 0) is 0 Å². The maximum Gasteiger partial charge on any atom is 0.136 e. The van der Waals surface area contributed by atoms with E-state index >= 15 is 0 Å². The quantitative estimate of drug-likeness (QED) is 0.234. The van der Waals surface area contributed by atoms with Crippen molar-refractivity contribution in [2.24, 2.45) is 0 Å². The molecule has 35 heavy (non-hydrogen) atoms. The zero-order valence-corrected chi connectivity index (χ0v) is 20.1. The summed E-state index contributed by atoms with van der Waals surface area (Å²) < 4.78 is 6.20. The molecule has 5 aromatic rings. The highest BCUT2D eigenvalue weighted by Crippen LogP contribution is 2.30. The maximum atomic E-state index is 6.20. The molecule has 0 N–H and O–H groups in total. The van der Waals surface area contributed by atoms with Crippen LogP contribution in [0.3, 0.4) is 0 Å². The minimum atomic E-state index is 0.907. The monoisotopic (exact) mass is 452 g/mol. The lowest BCUT2D eigenvalue weighted by Gasteiger charge is -1.95. The van der Waals surface area contributed by atoms with E-state index < -0.39 is 0 Å². The molecule has 0 bridgehead atoms. The van der Waals surface area contributed by atoms with Gasteiger partial charge >= 0.3 is 0 Å². The molecule has 0 saturated carbocycles. The van der Waals surface area contributed by atoms with Gasteiger partial charge in [0.25, 0.3) is 0 Å². The van der Waals surface area contributed by atoms with Crippen molar-refractivity contribution in [1.82, 2.24) is 0 Å². The van der Waals surface area contributed by atoms with E-state index in [0.29, 0.717) is 0 Å². The van der Waals surface area contributed by atoms with Crippen LogP contribution >= 0.6 is 0 Å². The van der Waals surface area contributed by atoms with Gasteiger partial charge in [-0.2, -0.15) is 0 Å². The van der Waals surface area contributed by atoms with Crippen molar-refractivity contribution >= 4 is 46.2 Å². The molecular formula is C34H28O. The van der Waals surface area contributed by atoms with Crippen LogP contribution in [0.15, 0.2) is 114 Å². The molecule has 4 aromatic carbocycles. The molecule has 0 spiro atoms. The van der Waals surface area contributed by atoms with Crippen LogP contribution in [0.1, 0.15) is 33.4 Å². The SMILES string of the molecule is Cc1ccc(C=CC=Cc2ccc3c(c2)oc2cc(C=CC=Cc4ccc(C)cc4)ccc23)cc1. The highest BCUT2D eigenvalue weighted by Gasteiger charge is 2.07. The molecule has 0 unspecified atom stereocenters. The number of benzene rings is 4. The molecule has 0 radical (unpaired) electrons. The lowest BCUT2D eigenvalue weighted by atomic mass is 10.1. The van der Waals surface area contributed by atoms with E-state index in [2.05, 4.69) is 147 Å². The first-order valence-electron chi connectivity index (χ1n) is 11.9. The fourth-order valence-electron chi connectivity index (χ4n) is 4.04. The summed E-state index contributed by atoms with van der Waals surface area (Å²) >= 11 is 0. The standard InChI is InChI=1S/C34H28O/c1-25-11-15-27(16-12-25)7-3-5-9-29-19-21-31-32-22-20-30(24-34(32)35-33(31)23-29)10-6-4-8-28-17-13-26(2)14-18-28/h3-24H,1-2H3. The van der Waals surface area contributed by atoms with Gasteiger partial charge < -0.3 is 4.42 Å². The molecule has 0 atom stereocenters. The van der Waals surface area contributed by atoms with Gasteiger partial charge in [-0.1, -0.05) is 120 Å². The van der Waals surface area contributed by atoms with E-state index in [4.69, 9.17) is 4.42 Å². The second-order valence-electron chi connectivity index (χ2n) is 8.87. The third kappa shape index (κ3) is 5.59. The first-order valence-corrected chi connectivity index (χ1v) is 11.9. The first kappa shape index (κ1) is 22.4. The smallest absolute Gasteiger partial charge is 0.136 e. The van der Waals surface area contributed by atoms with Gasteiger partial charge in [0.15, 0.2) is 0 Å². The zero-order chi connectivity index (χ0) is 24.0. The molecule has 170 valence electrons. The zero-order valence-electron chi connectivity index (χ0n) is 20.1. The molecule has 1 heteroatoms. The Morgan fingerprint density at radius 2 is 0.771 bits per heavy atom. The van der Waals surface area contributed by atoms with Crippen LogP contribution in [0.5, 0.6) is 0 Å². The fraction of sp³-hybridized carbons (Fsp3) is 0.0588. The predicted octanol–water partition coefficient (Wildman–Crippen LogP) is 9.66. The van der Waals surface area contributed by atoms with Crippen LogP contribution in [0, 0.1) is 13.8 Å². The summed E-state index contributed by atoms with van der Waals surface area (Å²) in [5.41, 5.74) is 8.99. The molecule has 0 aliphatic carbocycles. The summed E-state index contributed by atoms with van der Waals surface area (Å²) in [6, 6.07) is 29.8. The van der Waals surface area contributed by atoms with Gasteiger partial charge in [0.05, 0.1) is 0 Å². The summed E-state index contributed by atoms with van der Waals surface area (Å²) in [6.07, 6.45) is 16.7. The van der Waals surface area contributed by atoms with Crippen LogP contribution in [-0.4, -0.2) is 0 Å². The average Bonchev–Trinajstić information content (AvgIpc) is 3.23. The second-order valence-corrected chi connectivity index (χ2v) is 8.87. The fourth-order valence-corrected chi connectivity index (χ4v) is 4.04. The van der Waals surface area contributed by atoms with Gasteiger partial charge in [0.2, 0.25) is 0 Å². The van der Waals surface area contributed by atoms with E-state index in [-0.39, 0.29) is 0 Å². The molecule has 0 aliphatic heterocycles. The van der Waals surface area contributed by atoms with Crippen molar-refractivity contribution in [3.05, 3.63) is 143 Å². The summed E-state index contributed by atoms with van der Waals surface area (Å²) in [5, 5.41) is 2.28.